The van der Waals surface area contributed by atoms with Gasteiger partial charge in [-0.25, -0.2) is 4.98 Å². The predicted molar refractivity (Wildman–Crippen MR) is 39.5 cm³/mol. The van der Waals surface area contributed by atoms with Crippen LogP contribution in [0, 0.1) is 0 Å². The van der Waals surface area contributed by atoms with Crippen molar-refractivity contribution in [2.75, 3.05) is 0 Å². The van der Waals surface area contributed by atoms with Gasteiger partial charge in [0.1, 0.15) is 5.65 Å². The van der Waals surface area contributed by atoms with Crippen LogP contribution in [-0.2, 0) is 0 Å². The molecule has 2 aromatic rings. The molecule has 2 aromatic heterocycles. The van der Waals surface area contributed by atoms with Crippen LogP contribution in [0.5, 0.6) is 0 Å². The van der Waals surface area contributed by atoms with E-state index in [9.17, 15) is 9.90 Å². The zero-order chi connectivity index (χ0) is 8.55. The summed E-state index contributed by atoms with van der Waals surface area (Å²) in [5, 5.41) is 10.5. The minimum Gasteiger partial charge on any atom is -0.543 e. The zero-order valence-corrected chi connectivity index (χ0v) is 7.10. The quantitative estimate of drug-likeness (QED) is 0.419. The fourth-order valence-corrected chi connectivity index (χ4v) is 1.11. The second kappa shape index (κ2) is 3.65. The van der Waals surface area contributed by atoms with Crippen LogP contribution in [0.15, 0.2) is 30.6 Å². The van der Waals surface area contributed by atoms with Gasteiger partial charge in [0.2, 0.25) is 0 Å². The zero-order valence-electron chi connectivity index (χ0n) is 7.10. The number of aromatic carboxylic acids is 1. The van der Waals surface area contributed by atoms with Gasteiger partial charge in [0.05, 0.1) is 11.7 Å². The van der Waals surface area contributed by atoms with Crippen molar-refractivity contribution >= 4 is 11.6 Å². The van der Waals surface area contributed by atoms with Crippen molar-refractivity contribution < 1.29 is 28.8 Å². The van der Waals surface area contributed by atoms with Gasteiger partial charge >= 0.3 is 18.9 Å². The molecule has 60 valence electrons. The molecule has 0 spiro atoms. The normalized spacial score (nSPS) is 9.54. The van der Waals surface area contributed by atoms with Crippen molar-refractivity contribution in [3.63, 3.8) is 0 Å². The van der Waals surface area contributed by atoms with E-state index in [1.165, 1.54) is 10.5 Å². The fraction of sp³-hybridized carbons (Fsp3) is 0. The van der Waals surface area contributed by atoms with Crippen molar-refractivity contribution in [1.82, 2.24) is 9.38 Å². The number of aromatic nitrogens is 2. The summed E-state index contributed by atoms with van der Waals surface area (Å²) in [5.74, 6) is -1.19. The van der Waals surface area contributed by atoms with E-state index in [-0.39, 0.29) is 24.6 Å². The summed E-state index contributed by atoms with van der Waals surface area (Å²) in [6, 6.07) is 4.77. The van der Waals surface area contributed by atoms with Gasteiger partial charge < -0.3 is 9.90 Å². The molecule has 4 nitrogen and oxygen atoms in total. The number of rotatable bonds is 1. The van der Waals surface area contributed by atoms with Gasteiger partial charge in [-0.3, -0.25) is 4.40 Å². The third-order valence-corrected chi connectivity index (χ3v) is 1.63. The summed E-state index contributed by atoms with van der Waals surface area (Å²) in [5.41, 5.74) is 0.731. The SMILES string of the molecule is O=C([O-])c1ccc2ncccn12.[Li+]. The third kappa shape index (κ3) is 1.59. The Hall–Kier alpha value is -1.24. The van der Waals surface area contributed by atoms with E-state index in [4.69, 9.17) is 0 Å². The van der Waals surface area contributed by atoms with E-state index in [1.807, 2.05) is 0 Å². The van der Waals surface area contributed by atoms with Gasteiger partial charge in [-0.2, -0.15) is 0 Å². The first kappa shape index (κ1) is 9.84. The number of carboxylic acids is 1. The first-order valence-corrected chi connectivity index (χ1v) is 3.42. The molecule has 0 unspecified atom stereocenters. The maximum atomic E-state index is 10.5. The van der Waals surface area contributed by atoms with Gasteiger partial charge in [-0.1, -0.05) is 0 Å². The van der Waals surface area contributed by atoms with E-state index in [2.05, 4.69) is 4.98 Å². The van der Waals surface area contributed by atoms with Crippen LogP contribution < -0.4 is 24.0 Å². The fourth-order valence-electron chi connectivity index (χ4n) is 1.11. The molecule has 0 aromatic carbocycles. The Morgan fingerprint density at radius 3 is 2.92 bits per heavy atom. The van der Waals surface area contributed by atoms with E-state index in [1.54, 1.807) is 24.5 Å². The summed E-state index contributed by atoms with van der Waals surface area (Å²) < 4.78 is 1.47. The molecule has 0 aliphatic heterocycles. The molecule has 0 saturated carbocycles. The second-order valence-corrected chi connectivity index (χ2v) is 2.35. The average Bonchev–Trinajstić information content (AvgIpc) is 2.47. The van der Waals surface area contributed by atoms with Gasteiger partial charge in [0, 0.05) is 12.4 Å². The molecule has 0 N–H and O–H groups in total. The standard InChI is InChI=1S/C8H6N2O2.Li/c11-8(12)6-2-3-7-9-4-1-5-10(6)7;/h1-5H,(H,11,12);/q;+1/p-1. The molecule has 0 aliphatic carbocycles. The summed E-state index contributed by atoms with van der Waals surface area (Å²) in [7, 11) is 0. The van der Waals surface area contributed by atoms with Crippen molar-refractivity contribution in [3.05, 3.63) is 36.3 Å². The van der Waals surface area contributed by atoms with Crippen LogP contribution in [0.1, 0.15) is 10.5 Å². The Balaban J connectivity index is 0.000000845. The largest absolute Gasteiger partial charge is 1.00 e. The van der Waals surface area contributed by atoms with Crippen LogP contribution in [-0.4, -0.2) is 15.4 Å². The van der Waals surface area contributed by atoms with Crippen molar-refractivity contribution in [3.8, 4) is 0 Å². The Morgan fingerprint density at radius 2 is 2.23 bits per heavy atom. The van der Waals surface area contributed by atoms with Crippen LogP contribution in [0.3, 0.4) is 0 Å². The van der Waals surface area contributed by atoms with Gasteiger partial charge in [0.15, 0.2) is 0 Å². The van der Waals surface area contributed by atoms with Crippen LogP contribution in [0.4, 0.5) is 0 Å². The number of hydrogen-bond donors (Lipinski definition) is 0. The smallest absolute Gasteiger partial charge is 0.543 e. The molecule has 0 bridgehead atoms. The van der Waals surface area contributed by atoms with Crippen molar-refractivity contribution in [2.45, 2.75) is 0 Å². The Labute approximate surface area is 86.4 Å². The molecule has 0 fully saturated rings. The topological polar surface area (TPSA) is 57.4 Å². The first-order valence-electron chi connectivity index (χ1n) is 3.42. The number of hydrogen-bond acceptors (Lipinski definition) is 3. The number of carbonyl (C=O) groups is 1. The van der Waals surface area contributed by atoms with Gasteiger partial charge in [-0.15, -0.1) is 0 Å². The third-order valence-electron chi connectivity index (χ3n) is 1.63. The van der Waals surface area contributed by atoms with Gasteiger partial charge in [-0.05, 0) is 18.2 Å². The summed E-state index contributed by atoms with van der Waals surface area (Å²) >= 11 is 0. The molecule has 0 aliphatic rings. The van der Waals surface area contributed by atoms with Crippen LogP contribution in [0.2, 0.25) is 0 Å². The molecule has 0 saturated heterocycles. The van der Waals surface area contributed by atoms with Crippen LogP contribution >= 0.6 is 0 Å². The molecule has 2 rings (SSSR count). The van der Waals surface area contributed by atoms with E-state index >= 15 is 0 Å². The molecular weight excluding hydrogens is 163 g/mol. The Bertz CT molecular complexity index is 438. The Morgan fingerprint density at radius 1 is 1.46 bits per heavy atom. The average molecular weight is 168 g/mol. The molecule has 2 heterocycles. The molecule has 13 heavy (non-hydrogen) atoms. The maximum Gasteiger partial charge on any atom is 1.00 e. The molecule has 0 atom stereocenters. The van der Waals surface area contributed by atoms with E-state index in [0.29, 0.717) is 5.65 Å². The van der Waals surface area contributed by atoms with E-state index in [0.717, 1.165) is 0 Å². The predicted octanol–water partition coefficient (Wildman–Crippen LogP) is -3.30. The minimum atomic E-state index is -1.19. The molecule has 0 amide bonds. The number of fused-ring (bicyclic) bond motifs is 1. The minimum absolute atomic E-state index is 0. The van der Waals surface area contributed by atoms with Crippen molar-refractivity contribution in [2.24, 2.45) is 0 Å². The molecular formula is C8H5LiN2O2. The summed E-state index contributed by atoms with van der Waals surface area (Å²) in [6.45, 7) is 0. The van der Waals surface area contributed by atoms with E-state index < -0.39 is 5.97 Å². The maximum absolute atomic E-state index is 10.5. The second-order valence-electron chi connectivity index (χ2n) is 2.35. The number of nitrogens with zero attached hydrogens (tertiary/aromatic N) is 2. The monoisotopic (exact) mass is 168 g/mol. The number of carboxylic acid groups (broad SMARTS) is 1. The van der Waals surface area contributed by atoms with Gasteiger partial charge in [0.25, 0.3) is 0 Å². The molecule has 0 radical (unpaired) electrons. The number of carbonyl (C=O) groups excluding carboxylic acids is 1. The molecule has 5 heteroatoms. The summed E-state index contributed by atoms with van der Waals surface area (Å²) in [6.07, 6.45) is 3.24. The van der Waals surface area contributed by atoms with Crippen LogP contribution in [0.25, 0.3) is 5.65 Å². The first-order chi connectivity index (χ1) is 5.79. The van der Waals surface area contributed by atoms with Crippen molar-refractivity contribution in [1.29, 1.82) is 0 Å². The Kier molecular flexibility index (Phi) is 2.76. The summed E-state index contributed by atoms with van der Waals surface area (Å²) in [4.78, 5) is 14.5.